The molecule has 0 amide bonds. The summed E-state index contributed by atoms with van der Waals surface area (Å²) in [6.45, 7) is 9.39. The minimum atomic E-state index is -3.53. The molecule has 1 aliphatic carbocycles. The van der Waals surface area contributed by atoms with Crippen molar-refractivity contribution >= 4 is 16.1 Å². The summed E-state index contributed by atoms with van der Waals surface area (Å²) in [6, 6.07) is 7.29. The van der Waals surface area contributed by atoms with Crippen LogP contribution in [0.2, 0.25) is 0 Å². The van der Waals surface area contributed by atoms with Crippen LogP contribution in [0.25, 0.3) is 6.08 Å². The number of fused-ring (bicyclic) bond motifs is 2. The van der Waals surface area contributed by atoms with Crippen molar-refractivity contribution in [3.63, 3.8) is 0 Å². The molecule has 1 aromatic carbocycles. The lowest BCUT2D eigenvalue weighted by molar-refractivity contribution is 0.114. The maximum atomic E-state index is 13.7. The van der Waals surface area contributed by atoms with E-state index in [0.29, 0.717) is 18.0 Å². The molecule has 7 heteroatoms. The van der Waals surface area contributed by atoms with E-state index in [4.69, 9.17) is 5.10 Å². The van der Waals surface area contributed by atoms with Crippen molar-refractivity contribution in [2.75, 3.05) is 32.7 Å². The number of hydrogen-bond acceptors (Lipinski definition) is 4. The summed E-state index contributed by atoms with van der Waals surface area (Å²) in [6.07, 6.45) is 12.1. The van der Waals surface area contributed by atoms with E-state index < -0.39 is 10.0 Å². The van der Waals surface area contributed by atoms with Crippen molar-refractivity contribution in [3.8, 4) is 0 Å². The normalized spacial score (nSPS) is 23.9. The summed E-state index contributed by atoms with van der Waals surface area (Å²) < 4.78 is 31.2. The Morgan fingerprint density at radius 1 is 1.06 bits per heavy atom. The number of likely N-dealkylation sites (tertiary alicyclic amines) is 1. The second-order valence-electron chi connectivity index (χ2n) is 10.5. The fourth-order valence-electron chi connectivity index (χ4n) is 5.99. The predicted octanol–water partition coefficient (Wildman–Crippen LogP) is 4.50. The zero-order chi connectivity index (χ0) is 23.8. The van der Waals surface area contributed by atoms with Crippen LogP contribution >= 0.6 is 0 Å². The highest BCUT2D eigenvalue weighted by atomic mass is 32.2. The van der Waals surface area contributed by atoms with Crippen molar-refractivity contribution < 1.29 is 8.42 Å². The average Bonchev–Trinajstić information content (AvgIpc) is 3.22. The lowest BCUT2D eigenvalue weighted by Crippen LogP contribution is -2.54. The van der Waals surface area contributed by atoms with Crippen LogP contribution in [0.4, 0.5) is 0 Å². The van der Waals surface area contributed by atoms with Crippen LogP contribution in [0.15, 0.2) is 40.9 Å². The van der Waals surface area contributed by atoms with Gasteiger partial charge in [-0.15, -0.1) is 0 Å². The van der Waals surface area contributed by atoms with Gasteiger partial charge < -0.3 is 4.90 Å². The van der Waals surface area contributed by atoms with Gasteiger partial charge in [-0.3, -0.25) is 4.68 Å². The number of rotatable bonds is 7. The molecule has 0 radical (unpaired) electrons. The van der Waals surface area contributed by atoms with Crippen molar-refractivity contribution in [1.29, 1.82) is 0 Å². The van der Waals surface area contributed by atoms with Gasteiger partial charge in [0.1, 0.15) is 0 Å². The van der Waals surface area contributed by atoms with Crippen molar-refractivity contribution in [2.24, 2.45) is 5.41 Å². The molecule has 0 spiro atoms. The highest BCUT2D eigenvalue weighted by Gasteiger charge is 2.46. The SMILES string of the molecule is CCCCn1ncc2c1C=C1CCN(S(=O)(=O)c3ccc(C)cc3)C[C@@]1(CN1CCCCC1)C2. The molecule has 0 saturated carbocycles. The van der Waals surface area contributed by atoms with E-state index in [1.807, 2.05) is 25.3 Å². The van der Waals surface area contributed by atoms with Gasteiger partial charge in [-0.2, -0.15) is 9.40 Å². The molecule has 2 saturated heterocycles. The molecular weight excluding hydrogens is 444 g/mol. The number of aryl methyl sites for hydroxylation is 2. The summed E-state index contributed by atoms with van der Waals surface area (Å²) in [7, 11) is -3.53. The summed E-state index contributed by atoms with van der Waals surface area (Å²) in [5, 5.41) is 4.72. The van der Waals surface area contributed by atoms with E-state index in [9.17, 15) is 8.42 Å². The number of hydrogen-bond donors (Lipinski definition) is 0. The fourth-order valence-corrected chi connectivity index (χ4v) is 7.52. The van der Waals surface area contributed by atoms with E-state index in [1.54, 1.807) is 16.4 Å². The Morgan fingerprint density at radius 2 is 1.82 bits per heavy atom. The Bertz CT molecular complexity index is 1150. The zero-order valence-corrected chi connectivity index (χ0v) is 21.5. The number of piperidine rings is 2. The molecule has 3 aliphatic rings. The first kappa shape index (κ1) is 23.8. The second kappa shape index (κ2) is 9.59. The molecule has 2 aliphatic heterocycles. The quantitative estimate of drug-likeness (QED) is 0.583. The third-order valence-corrected chi connectivity index (χ3v) is 9.81. The van der Waals surface area contributed by atoms with Crippen LogP contribution in [0, 0.1) is 12.3 Å². The van der Waals surface area contributed by atoms with Crippen LogP contribution in [-0.4, -0.2) is 60.1 Å². The van der Waals surface area contributed by atoms with Crippen LogP contribution in [-0.2, 0) is 23.0 Å². The fraction of sp³-hybridized carbons (Fsp3) is 0.593. The molecule has 1 atom stereocenters. The first-order valence-electron chi connectivity index (χ1n) is 13.0. The van der Waals surface area contributed by atoms with Gasteiger partial charge in [0.2, 0.25) is 10.0 Å². The van der Waals surface area contributed by atoms with Crippen LogP contribution in [0.1, 0.15) is 62.3 Å². The van der Waals surface area contributed by atoms with Crippen LogP contribution < -0.4 is 0 Å². The molecule has 1 aromatic heterocycles. The molecule has 0 N–H and O–H groups in total. The predicted molar refractivity (Wildman–Crippen MR) is 136 cm³/mol. The Kier molecular flexibility index (Phi) is 6.70. The molecule has 184 valence electrons. The summed E-state index contributed by atoms with van der Waals surface area (Å²) in [5.74, 6) is 0. The molecule has 2 fully saturated rings. The molecule has 0 unspecified atom stereocenters. The second-order valence-corrected chi connectivity index (χ2v) is 12.4. The van der Waals surface area contributed by atoms with Gasteiger partial charge in [0, 0.05) is 31.6 Å². The first-order valence-corrected chi connectivity index (χ1v) is 14.4. The summed E-state index contributed by atoms with van der Waals surface area (Å²) in [4.78, 5) is 2.98. The van der Waals surface area contributed by atoms with Crippen LogP contribution in [0.5, 0.6) is 0 Å². The monoisotopic (exact) mass is 482 g/mol. The average molecular weight is 483 g/mol. The van der Waals surface area contributed by atoms with E-state index in [0.717, 1.165) is 57.4 Å². The van der Waals surface area contributed by atoms with Gasteiger partial charge in [-0.25, -0.2) is 8.42 Å². The molecule has 3 heterocycles. The summed E-state index contributed by atoms with van der Waals surface area (Å²) in [5.41, 5.74) is 4.82. The molecule has 6 nitrogen and oxygen atoms in total. The largest absolute Gasteiger partial charge is 0.302 e. The topological polar surface area (TPSA) is 58.4 Å². The van der Waals surface area contributed by atoms with Crippen molar-refractivity contribution in [1.82, 2.24) is 19.0 Å². The molecular formula is C27H38N4O2S. The van der Waals surface area contributed by atoms with Gasteiger partial charge in [0.25, 0.3) is 0 Å². The van der Waals surface area contributed by atoms with Gasteiger partial charge in [0.15, 0.2) is 0 Å². The maximum absolute atomic E-state index is 13.7. The Morgan fingerprint density at radius 3 is 2.56 bits per heavy atom. The number of nitrogens with zero attached hydrogens (tertiary/aromatic N) is 4. The van der Waals surface area contributed by atoms with E-state index in [1.165, 1.54) is 36.1 Å². The highest BCUT2D eigenvalue weighted by molar-refractivity contribution is 7.89. The van der Waals surface area contributed by atoms with Gasteiger partial charge >= 0.3 is 0 Å². The van der Waals surface area contributed by atoms with E-state index >= 15 is 0 Å². The van der Waals surface area contributed by atoms with E-state index in [-0.39, 0.29) is 5.41 Å². The minimum Gasteiger partial charge on any atom is -0.302 e. The zero-order valence-electron chi connectivity index (χ0n) is 20.7. The van der Waals surface area contributed by atoms with Gasteiger partial charge in [0.05, 0.1) is 16.8 Å². The first-order chi connectivity index (χ1) is 16.4. The Balaban J connectivity index is 1.48. The van der Waals surface area contributed by atoms with Crippen LogP contribution in [0.3, 0.4) is 0 Å². The standard InChI is InChI=1S/C27H38N4O2S/c1-3-4-15-31-26-17-24-12-16-30(34(32,33)25-10-8-22(2)9-11-25)21-27(24,18-23(26)19-28-31)20-29-13-6-5-7-14-29/h8-11,17,19H,3-7,12-16,18,20-21H2,1-2H3/t27-/m0/s1. The lowest BCUT2D eigenvalue weighted by Gasteiger charge is -2.48. The third-order valence-electron chi connectivity index (χ3n) is 7.95. The maximum Gasteiger partial charge on any atom is 0.243 e. The molecule has 2 aromatic rings. The smallest absolute Gasteiger partial charge is 0.243 e. The number of benzene rings is 1. The Labute approximate surface area is 204 Å². The number of unbranched alkanes of at least 4 members (excludes halogenated alkanes) is 1. The van der Waals surface area contributed by atoms with Gasteiger partial charge in [-0.05, 0) is 75.9 Å². The lowest BCUT2D eigenvalue weighted by atomic mass is 9.68. The molecule has 5 rings (SSSR count). The van der Waals surface area contributed by atoms with E-state index in [2.05, 4.69) is 22.6 Å². The Hall–Kier alpha value is -1.96. The molecule has 0 bridgehead atoms. The van der Waals surface area contributed by atoms with Crippen molar-refractivity contribution in [3.05, 3.63) is 52.9 Å². The number of sulfonamides is 1. The molecule has 34 heavy (non-hydrogen) atoms. The minimum absolute atomic E-state index is 0.182. The number of aromatic nitrogens is 2. The van der Waals surface area contributed by atoms with Gasteiger partial charge in [-0.1, -0.05) is 43.0 Å². The third kappa shape index (κ3) is 4.50. The van der Waals surface area contributed by atoms with Crippen molar-refractivity contribution in [2.45, 2.75) is 70.2 Å². The highest BCUT2D eigenvalue weighted by Crippen LogP contribution is 2.46. The summed E-state index contributed by atoms with van der Waals surface area (Å²) >= 11 is 0.